The number of hydrogen-bond donors (Lipinski definition) is 1. The van der Waals surface area contributed by atoms with Gasteiger partial charge in [0.1, 0.15) is 0 Å². The maximum atomic E-state index is 11.2. The van der Waals surface area contributed by atoms with Crippen LogP contribution >= 0.6 is 0 Å². The topological polar surface area (TPSA) is 55.8 Å². The maximum absolute atomic E-state index is 11.2. The smallest absolute Gasteiger partial charge is 0.331 e. The highest BCUT2D eigenvalue weighted by Gasteiger charge is 2.40. The van der Waals surface area contributed by atoms with Gasteiger partial charge in [-0.25, -0.2) is 0 Å². The van der Waals surface area contributed by atoms with Crippen molar-refractivity contribution in [2.75, 3.05) is 0 Å². The highest BCUT2D eigenvalue weighted by atomic mass is 16.8. The van der Waals surface area contributed by atoms with Crippen molar-refractivity contribution in [1.82, 2.24) is 0 Å². The lowest BCUT2D eigenvalue weighted by Crippen LogP contribution is -2.47. The number of aliphatic hydroxyl groups is 1. The molecule has 1 aromatic carbocycles. The second-order valence-corrected chi connectivity index (χ2v) is 3.98. The molecule has 4 nitrogen and oxygen atoms in total. The number of benzene rings is 1. The Morgan fingerprint density at radius 3 is 2.75 bits per heavy atom. The first kappa shape index (κ1) is 11.1. The highest BCUT2D eigenvalue weighted by molar-refractivity contribution is 5.70. The first-order chi connectivity index (χ1) is 7.57. The Morgan fingerprint density at radius 2 is 2.12 bits per heavy atom. The Hall–Kier alpha value is -1.39. The van der Waals surface area contributed by atoms with Crippen molar-refractivity contribution in [3.8, 4) is 0 Å². The van der Waals surface area contributed by atoms with Crippen LogP contribution in [0.15, 0.2) is 30.3 Å². The average Bonchev–Trinajstić information content (AvgIpc) is 2.15. The van der Waals surface area contributed by atoms with Gasteiger partial charge in [0.25, 0.3) is 0 Å². The Labute approximate surface area is 93.8 Å². The number of rotatable bonds is 2. The molecule has 1 aliphatic heterocycles. The molecule has 4 heteroatoms. The molecule has 0 spiro atoms. The summed E-state index contributed by atoms with van der Waals surface area (Å²) >= 11 is 0. The van der Waals surface area contributed by atoms with E-state index in [0.29, 0.717) is 0 Å². The van der Waals surface area contributed by atoms with Crippen LogP contribution < -0.4 is 0 Å². The Morgan fingerprint density at radius 1 is 1.44 bits per heavy atom. The number of hydrogen-bond acceptors (Lipinski definition) is 4. The predicted octanol–water partition coefficient (Wildman–Crippen LogP) is 1.23. The molecule has 2 rings (SSSR count). The van der Waals surface area contributed by atoms with Gasteiger partial charge in [-0.05, 0) is 12.5 Å². The van der Waals surface area contributed by atoms with Crippen LogP contribution in [0.1, 0.15) is 18.9 Å². The van der Waals surface area contributed by atoms with Gasteiger partial charge in [0.15, 0.2) is 0 Å². The van der Waals surface area contributed by atoms with Gasteiger partial charge in [-0.3, -0.25) is 4.79 Å². The van der Waals surface area contributed by atoms with E-state index in [4.69, 9.17) is 9.47 Å². The summed E-state index contributed by atoms with van der Waals surface area (Å²) in [6, 6.07) is 9.27. The number of cyclic esters (lactones) is 1. The van der Waals surface area contributed by atoms with E-state index in [1.54, 1.807) is 6.92 Å². The third kappa shape index (κ3) is 2.59. The molecule has 86 valence electrons. The van der Waals surface area contributed by atoms with Crippen LogP contribution in [0, 0.1) is 0 Å². The van der Waals surface area contributed by atoms with Crippen LogP contribution in [0.3, 0.4) is 0 Å². The molecular weight excluding hydrogens is 208 g/mol. The van der Waals surface area contributed by atoms with Crippen molar-refractivity contribution in [2.24, 2.45) is 0 Å². The first-order valence-electron chi connectivity index (χ1n) is 5.23. The Balaban J connectivity index is 2.10. The summed E-state index contributed by atoms with van der Waals surface area (Å²) in [4.78, 5) is 11.2. The molecule has 1 fully saturated rings. The molecule has 0 radical (unpaired) electrons. The van der Waals surface area contributed by atoms with Crippen molar-refractivity contribution in [3.63, 3.8) is 0 Å². The lowest BCUT2D eigenvalue weighted by molar-refractivity contribution is -0.370. The molecule has 1 unspecified atom stereocenters. The third-order valence-electron chi connectivity index (χ3n) is 2.38. The maximum Gasteiger partial charge on any atom is 0.331 e. The summed E-state index contributed by atoms with van der Waals surface area (Å²) < 4.78 is 10.1. The summed E-state index contributed by atoms with van der Waals surface area (Å²) in [7, 11) is 0. The largest absolute Gasteiger partial charge is 0.407 e. The van der Waals surface area contributed by atoms with Gasteiger partial charge in [0, 0.05) is 0 Å². The standard InChI is InChI=1S/C12H14O4/c1-9-7-11(13)16-12(14,15-9)8-10-5-3-2-4-6-10/h2-6,9,14H,7-8H2,1H3/t9-,12?/m1/s1. The average molecular weight is 222 g/mol. The van der Waals surface area contributed by atoms with E-state index in [1.165, 1.54) is 0 Å². The zero-order valence-corrected chi connectivity index (χ0v) is 9.05. The molecule has 1 aromatic rings. The minimum absolute atomic E-state index is 0.143. The molecule has 1 aliphatic rings. The van der Waals surface area contributed by atoms with Gasteiger partial charge in [-0.2, -0.15) is 0 Å². The summed E-state index contributed by atoms with van der Waals surface area (Å²) in [6.07, 6.45) is -0.00365. The number of carbonyl (C=O) groups is 1. The SMILES string of the molecule is C[C@@H]1CC(=O)OC(O)(Cc2ccccc2)O1. The van der Waals surface area contributed by atoms with E-state index in [-0.39, 0.29) is 18.9 Å². The zero-order chi connectivity index (χ0) is 11.6. The third-order valence-corrected chi connectivity index (χ3v) is 2.38. The molecule has 1 N–H and O–H groups in total. The van der Waals surface area contributed by atoms with Gasteiger partial charge in [0.05, 0.1) is 18.9 Å². The summed E-state index contributed by atoms with van der Waals surface area (Å²) in [5.41, 5.74) is 0.854. The minimum atomic E-state index is -1.82. The second kappa shape index (κ2) is 4.23. The van der Waals surface area contributed by atoms with Crippen LogP contribution in [0.25, 0.3) is 0 Å². The molecular formula is C12H14O4. The fourth-order valence-corrected chi connectivity index (χ4v) is 1.77. The Bertz CT molecular complexity index is 376. The van der Waals surface area contributed by atoms with Gasteiger partial charge >= 0.3 is 11.9 Å². The van der Waals surface area contributed by atoms with Crippen molar-refractivity contribution < 1.29 is 19.4 Å². The minimum Gasteiger partial charge on any atom is -0.407 e. The van der Waals surface area contributed by atoms with Gasteiger partial charge in [-0.1, -0.05) is 30.3 Å². The van der Waals surface area contributed by atoms with Crippen LogP contribution in [-0.4, -0.2) is 23.2 Å². The highest BCUT2D eigenvalue weighted by Crippen LogP contribution is 2.25. The predicted molar refractivity (Wildman–Crippen MR) is 56.4 cm³/mol. The molecule has 16 heavy (non-hydrogen) atoms. The lowest BCUT2D eigenvalue weighted by atomic mass is 10.1. The lowest BCUT2D eigenvalue weighted by Gasteiger charge is -2.34. The number of esters is 1. The van der Waals surface area contributed by atoms with Crippen LogP contribution in [0.5, 0.6) is 0 Å². The quantitative estimate of drug-likeness (QED) is 0.764. The van der Waals surface area contributed by atoms with Crippen LogP contribution in [0.4, 0.5) is 0 Å². The fraction of sp³-hybridized carbons (Fsp3) is 0.417. The molecule has 1 saturated heterocycles. The van der Waals surface area contributed by atoms with Crippen LogP contribution in [-0.2, 0) is 20.7 Å². The normalized spacial score (nSPS) is 29.9. The van der Waals surface area contributed by atoms with E-state index in [1.807, 2.05) is 30.3 Å². The number of carbonyl (C=O) groups excluding carboxylic acids is 1. The van der Waals surface area contributed by atoms with E-state index < -0.39 is 11.9 Å². The van der Waals surface area contributed by atoms with Crippen molar-refractivity contribution >= 4 is 5.97 Å². The zero-order valence-electron chi connectivity index (χ0n) is 9.05. The fourth-order valence-electron chi connectivity index (χ4n) is 1.77. The monoisotopic (exact) mass is 222 g/mol. The van der Waals surface area contributed by atoms with E-state index in [0.717, 1.165) is 5.56 Å². The van der Waals surface area contributed by atoms with Gasteiger partial charge in [0.2, 0.25) is 0 Å². The summed E-state index contributed by atoms with van der Waals surface area (Å²) in [5.74, 6) is -2.26. The van der Waals surface area contributed by atoms with Gasteiger partial charge < -0.3 is 14.6 Å². The molecule has 2 atom stereocenters. The van der Waals surface area contributed by atoms with Crippen molar-refractivity contribution in [3.05, 3.63) is 35.9 Å². The molecule has 0 aliphatic carbocycles. The number of ether oxygens (including phenoxy) is 2. The van der Waals surface area contributed by atoms with Gasteiger partial charge in [-0.15, -0.1) is 0 Å². The first-order valence-corrected chi connectivity index (χ1v) is 5.23. The molecule has 0 saturated carbocycles. The van der Waals surface area contributed by atoms with Crippen molar-refractivity contribution in [1.29, 1.82) is 0 Å². The molecule has 0 aromatic heterocycles. The Kier molecular flexibility index (Phi) is 2.94. The van der Waals surface area contributed by atoms with E-state index >= 15 is 0 Å². The molecule has 1 heterocycles. The summed E-state index contributed by atoms with van der Waals surface area (Å²) in [5, 5.41) is 10.0. The molecule has 0 bridgehead atoms. The van der Waals surface area contributed by atoms with Crippen LogP contribution in [0.2, 0.25) is 0 Å². The van der Waals surface area contributed by atoms with E-state index in [9.17, 15) is 9.90 Å². The second-order valence-electron chi connectivity index (χ2n) is 3.98. The van der Waals surface area contributed by atoms with Crippen molar-refractivity contribution in [2.45, 2.75) is 31.8 Å². The summed E-state index contributed by atoms with van der Waals surface area (Å²) in [6.45, 7) is 1.73. The molecule has 0 amide bonds. The van der Waals surface area contributed by atoms with E-state index in [2.05, 4.69) is 0 Å².